The van der Waals surface area contributed by atoms with Crippen molar-refractivity contribution in [3.05, 3.63) is 62.3 Å². The first kappa shape index (κ1) is 13.7. The number of halogens is 4. The summed E-state index contributed by atoms with van der Waals surface area (Å²) in [4.78, 5) is 0. The Balaban J connectivity index is 2.16. The summed E-state index contributed by atoms with van der Waals surface area (Å²) >= 11 is 15.1. The van der Waals surface area contributed by atoms with E-state index in [1.807, 2.05) is 0 Å². The second-order valence-corrected chi connectivity index (χ2v) is 5.36. The summed E-state index contributed by atoms with van der Waals surface area (Å²) in [5, 5.41) is 1.10. The van der Waals surface area contributed by atoms with Crippen LogP contribution >= 0.6 is 39.1 Å². The van der Waals surface area contributed by atoms with E-state index < -0.39 is 5.82 Å². The van der Waals surface area contributed by atoms with Crippen molar-refractivity contribution >= 4 is 39.1 Å². The molecule has 0 spiro atoms. The Morgan fingerprint density at radius 3 is 2.67 bits per heavy atom. The minimum Gasteiger partial charge on any atom is -0.486 e. The van der Waals surface area contributed by atoms with E-state index in [0.29, 0.717) is 15.6 Å². The van der Waals surface area contributed by atoms with Gasteiger partial charge in [-0.1, -0.05) is 39.1 Å². The lowest BCUT2D eigenvalue weighted by Crippen LogP contribution is -1.98. The van der Waals surface area contributed by atoms with Gasteiger partial charge in [-0.25, -0.2) is 4.39 Å². The summed E-state index contributed by atoms with van der Waals surface area (Å²) in [7, 11) is 0. The minimum atomic E-state index is -0.420. The minimum absolute atomic E-state index is 0.159. The van der Waals surface area contributed by atoms with Gasteiger partial charge in [0.1, 0.15) is 6.61 Å². The molecule has 0 fully saturated rings. The van der Waals surface area contributed by atoms with Crippen LogP contribution in [0.15, 0.2) is 40.9 Å². The SMILES string of the molecule is Fc1ccc(Br)cc1OCc1cc(Cl)ccc1Cl. The van der Waals surface area contributed by atoms with E-state index in [2.05, 4.69) is 15.9 Å². The van der Waals surface area contributed by atoms with Crippen molar-refractivity contribution in [1.29, 1.82) is 0 Å². The lowest BCUT2D eigenvalue weighted by Gasteiger charge is -2.09. The molecule has 0 aliphatic rings. The average Bonchev–Trinajstić information content (AvgIpc) is 2.34. The molecule has 5 heteroatoms. The molecule has 0 saturated carbocycles. The first-order valence-corrected chi connectivity index (χ1v) is 6.63. The molecule has 0 saturated heterocycles. The van der Waals surface area contributed by atoms with Crippen molar-refractivity contribution in [2.75, 3.05) is 0 Å². The van der Waals surface area contributed by atoms with Gasteiger partial charge in [-0.15, -0.1) is 0 Å². The fourth-order valence-electron chi connectivity index (χ4n) is 1.40. The van der Waals surface area contributed by atoms with E-state index in [9.17, 15) is 4.39 Å². The standard InChI is InChI=1S/C13H8BrCl2FO/c14-9-1-4-12(17)13(6-9)18-7-8-5-10(15)2-3-11(8)16/h1-6H,7H2. The molecule has 18 heavy (non-hydrogen) atoms. The molecule has 1 nitrogen and oxygen atoms in total. The Labute approximate surface area is 123 Å². The largest absolute Gasteiger partial charge is 0.486 e. The van der Waals surface area contributed by atoms with Gasteiger partial charge in [0.05, 0.1) is 0 Å². The highest BCUT2D eigenvalue weighted by molar-refractivity contribution is 9.10. The highest BCUT2D eigenvalue weighted by Gasteiger charge is 2.07. The van der Waals surface area contributed by atoms with Crippen molar-refractivity contribution < 1.29 is 9.13 Å². The Morgan fingerprint density at radius 2 is 1.89 bits per heavy atom. The van der Waals surface area contributed by atoms with Crippen LogP contribution in [0.4, 0.5) is 4.39 Å². The van der Waals surface area contributed by atoms with E-state index in [1.165, 1.54) is 6.07 Å². The average molecular weight is 350 g/mol. The van der Waals surface area contributed by atoms with Crippen molar-refractivity contribution in [1.82, 2.24) is 0 Å². The van der Waals surface area contributed by atoms with Crippen molar-refractivity contribution in [3.8, 4) is 5.75 Å². The molecule has 0 radical (unpaired) electrons. The molecular formula is C13H8BrCl2FO. The van der Waals surface area contributed by atoms with Crippen LogP contribution in [-0.4, -0.2) is 0 Å². The Kier molecular flexibility index (Phi) is 4.49. The molecule has 0 amide bonds. The van der Waals surface area contributed by atoms with Gasteiger partial charge in [0.25, 0.3) is 0 Å². The van der Waals surface area contributed by atoms with Gasteiger partial charge in [0, 0.05) is 20.1 Å². The van der Waals surface area contributed by atoms with Crippen molar-refractivity contribution in [2.24, 2.45) is 0 Å². The number of benzene rings is 2. The quantitative estimate of drug-likeness (QED) is 0.713. The van der Waals surface area contributed by atoms with Gasteiger partial charge >= 0.3 is 0 Å². The van der Waals surface area contributed by atoms with Crippen molar-refractivity contribution in [2.45, 2.75) is 6.61 Å². The number of hydrogen-bond donors (Lipinski definition) is 0. The summed E-state index contributed by atoms with van der Waals surface area (Å²) < 4.78 is 19.6. The van der Waals surface area contributed by atoms with Crippen LogP contribution in [-0.2, 0) is 6.61 Å². The number of ether oxygens (including phenoxy) is 1. The van der Waals surface area contributed by atoms with Crippen LogP contribution in [0.3, 0.4) is 0 Å². The lowest BCUT2D eigenvalue weighted by molar-refractivity contribution is 0.290. The maximum Gasteiger partial charge on any atom is 0.165 e. The summed E-state index contributed by atoms with van der Waals surface area (Å²) in [5.74, 6) is -0.253. The summed E-state index contributed by atoms with van der Waals surface area (Å²) in [5.41, 5.74) is 0.712. The first-order chi connectivity index (χ1) is 8.56. The van der Waals surface area contributed by atoms with Crippen LogP contribution in [0.2, 0.25) is 10.0 Å². The van der Waals surface area contributed by atoms with Gasteiger partial charge < -0.3 is 4.74 Å². The predicted molar refractivity (Wildman–Crippen MR) is 74.9 cm³/mol. The zero-order valence-electron chi connectivity index (χ0n) is 9.09. The third kappa shape index (κ3) is 3.37. The molecule has 0 aliphatic heterocycles. The van der Waals surface area contributed by atoms with Crippen molar-refractivity contribution in [3.63, 3.8) is 0 Å². The molecular weight excluding hydrogens is 342 g/mol. The van der Waals surface area contributed by atoms with E-state index in [4.69, 9.17) is 27.9 Å². The molecule has 0 aliphatic carbocycles. The molecule has 0 aromatic heterocycles. The molecule has 0 bridgehead atoms. The topological polar surface area (TPSA) is 9.23 Å². The van der Waals surface area contributed by atoms with E-state index in [0.717, 1.165) is 4.47 Å². The molecule has 2 aromatic rings. The van der Waals surface area contributed by atoms with Gasteiger partial charge in [0.2, 0.25) is 0 Å². The summed E-state index contributed by atoms with van der Waals surface area (Å²) in [6.07, 6.45) is 0. The van der Waals surface area contributed by atoms with E-state index in [1.54, 1.807) is 30.3 Å². The predicted octanol–water partition coefficient (Wildman–Crippen LogP) is 5.47. The Bertz CT molecular complexity index is 523. The zero-order valence-corrected chi connectivity index (χ0v) is 12.2. The van der Waals surface area contributed by atoms with Gasteiger partial charge in [-0.2, -0.15) is 0 Å². The second kappa shape index (κ2) is 5.91. The fraction of sp³-hybridized carbons (Fsp3) is 0.0769. The molecule has 2 rings (SSSR count). The molecule has 0 heterocycles. The van der Waals surface area contributed by atoms with Crippen LogP contribution in [0.1, 0.15) is 5.56 Å². The third-order valence-electron chi connectivity index (χ3n) is 2.28. The number of hydrogen-bond acceptors (Lipinski definition) is 1. The fourth-order valence-corrected chi connectivity index (χ4v) is 2.10. The highest BCUT2D eigenvalue weighted by atomic mass is 79.9. The summed E-state index contributed by atoms with van der Waals surface area (Å²) in [6.45, 7) is 0.159. The van der Waals surface area contributed by atoms with Crippen LogP contribution < -0.4 is 4.74 Å². The van der Waals surface area contributed by atoms with E-state index >= 15 is 0 Å². The van der Waals surface area contributed by atoms with Crippen LogP contribution in [0.5, 0.6) is 5.75 Å². The molecule has 94 valence electrons. The highest BCUT2D eigenvalue weighted by Crippen LogP contribution is 2.25. The second-order valence-electron chi connectivity index (χ2n) is 3.60. The zero-order chi connectivity index (χ0) is 13.1. The summed E-state index contributed by atoms with van der Waals surface area (Å²) in [6, 6.07) is 9.56. The maximum atomic E-state index is 13.4. The normalized spacial score (nSPS) is 10.4. The molecule has 2 aromatic carbocycles. The smallest absolute Gasteiger partial charge is 0.165 e. The molecule has 0 N–H and O–H groups in total. The third-order valence-corrected chi connectivity index (χ3v) is 3.38. The maximum absolute atomic E-state index is 13.4. The Morgan fingerprint density at radius 1 is 1.11 bits per heavy atom. The van der Waals surface area contributed by atoms with Crippen LogP contribution in [0, 0.1) is 5.82 Å². The van der Waals surface area contributed by atoms with E-state index in [-0.39, 0.29) is 12.4 Å². The van der Waals surface area contributed by atoms with Gasteiger partial charge in [-0.3, -0.25) is 0 Å². The van der Waals surface area contributed by atoms with Gasteiger partial charge in [-0.05, 0) is 36.4 Å². The first-order valence-electron chi connectivity index (χ1n) is 5.08. The number of rotatable bonds is 3. The Hall–Kier alpha value is -0.770. The monoisotopic (exact) mass is 348 g/mol. The lowest BCUT2D eigenvalue weighted by atomic mass is 10.2. The van der Waals surface area contributed by atoms with Gasteiger partial charge in [0.15, 0.2) is 11.6 Å². The molecule has 0 unspecified atom stereocenters. The van der Waals surface area contributed by atoms with Crippen LogP contribution in [0.25, 0.3) is 0 Å². The molecule has 0 atom stereocenters.